The number of nitriles is 1. The van der Waals surface area contributed by atoms with E-state index < -0.39 is 0 Å². The largest absolute Gasteiger partial charge is 0.285 e. The van der Waals surface area contributed by atoms with Crippen LogP contribution in [0.4, 0.5) is 0 Å². The van der Waals surface area contributed by atoms with E-state index in [2.05, 4.69) is 17.9 Å². The fourth-order valence-electron chi connectivity index (χ4n) is 2.25. The SMILES string of the molecule is CCCC1CCCCN1C(C)C#N. The van der Waals surface area contributed by atoms with Crippen molar-refractivity contribution in [2.45, 2.75) is 58.0 Å². The smallest absolute Gasteiger partial charge is 0.0951 e. The van der Waals surface area contributed by atoms with Crippen molar-refractivity contribution >= 4 is 0 Å². The molecule has 2 unspecified atom stereocenters. The minimum Gasteiger partial charge on any atom is -0.285 e. The Balaban J connectivity index is 2.51. The van der Waals surface area contributed by atoms with Crippen molar-refractivity contribution in [3.63, 3.8) is 0 Å². The van der Waals surface area contributed by atoms with E-state index in [-0.39, 0.29) is 6.04 Å². The molecule has 2 heteroatoms. The summed E-state index contributed by atoms with van der Waals surface area (Å²) in [6.07, 6.45) is 6.40. The zero-order chi connectivity index (χ0) is 9.68. The second kappa shape index (κ2) is 5.24. The predicted octanol–water partition coefficient (Wildman–Crippen LogP) is 2.55. The number of rotatable bonds is 3. The standard InChI is InChI=1S/C11H20N2/c1-3-6-11-7-4-5-8-13(11)10(2)9-12/h10-11H,3-8H2,1-2H3. The Hall–Kier alpha value is -0.550. The summed E-state index contributed by atoms with van der Waals surface area (Å²) >= 11 is 0. The third-order valence-corrected chi connectivity index (χ3v) is 2.98. The van der Waals surface area contributed by atoms with Crippen LogP contribution in [0, 0.1) is 11.3 Å². The Morgan fingerprint density at radius 3 is 2.92 bits per heavy atom. The first-order chi connectivity index (χ1) is 6.29. The van der Waals surface area contributed by atoms with E-state index in [1.807, 2.05) is 6.92 Å². The molecule has 0 spiro atoms. The van der Waals surface area contributed by atoms with Gasteiger partial charge in [-0.1, -0.05) is 19.8 Å². The number of nitrogens with zero attached hydrogens (tertiary/aromatic N) is 2. The highest BCUT2D eigenvalue weighted by Gasteiger charge is 2.25. The summed E-state index contributed by atoms with van der Waals surface area (Å²) in [6, 6.07) is 3.13. The first kappa shape index (κ1) is 10.5. The maximum Gasteiger partial charge on any atom is 0.0951 e. The van der Waals surface area contributed by atoms with Crippen LogP contribution in [0.3, 0.4) is 0 Å². The van der Waals surface area contributed by atoms with Gasteiger partial charge in [-0.05, 0) is 32.7 Å². The number of likely N-dealkylation sites (tertiary alicyclic amines) is 1. The molecule has 1 fully saturated rings. The lowest BCUT2D eigenvalue weighted by molar-refractivity contribution is 0.120. The van der Waals surface area contributed by atoms with Gasteiger partial charge in [0.1, 0.15) is 0 Å². The topological polar surface area (TPSA) is 27.0 Å². The number of hydrogen-bond acceptors (Lipinski definition) is 2. The lowest BCUT2D eigenvalue weighted by Crippen LogP contribution is -2.44. The van der Waals surface area contributed by atoms with Gasteiger partial charge in [0.2, 0.25) is 0 Å². The molecule has 2 atom stereocenters. The van der Waals surface area contributed by atoms with Crippen molar-refractivity contribution in [2.75, 3.05) is 6.54 Å². The van der Waals surface area contributed by atoms with Crippen molar-refractivity contribution in [1.29, 1.82) is 5.26 Å². The fraction of sp³-hybridized carbons (Fsp3) is 0.909. The zero-order valence-electron chi connectivity index (χ0n) is 8.79. The quantitative estimate of drug-likeness (QED) is 0.667. The molecule has 1 rings (SSSR count). The molecule has 0 aliphatic carbocycles. The second-order valence-corrected chi connectivity index (χ2v) is 3.98. The molecular weight excluding hydrogens is 160 g/mol. The summed E-state index contributed by atoms with van der Waals surface area (Å²) in [5, 5.41) is 8.88. The van der Waals surface area contributed by atoms with Crippen molar-refractivity contribution in [1.82, 2.24) is 4.90 Å². The van der Waals surface area contributed by atoms with Gasteiger partial charge in [-0.2, -0.15) is 5.26 Å². The van der Waals surface area contributed by atoms with Gasteiger partial charge in [0.15, 0.2) is 0 Å². The highest BCUT2D eigenvalue weighted by molar-refractivity contribution is 4.92. The Bertz CT molecular complexity index is 181. The molecule has 1 saturated heterocycles. The maximum atomic E-state index is 8.88. The van der Waals surface area contributed by atoms with E-state index >= 15 is 0 Å². The van der Waals surface area contributed by atoms with Crippen molar-refractivity contribution in [3.05, 3.63) is 0 Å². The average molecular weight is 180 g/mol. The average Bonchev–Trinajstić information content (AvgIpc) is 2.18. The zero-order valence-corrected chi connectivity index (χ0v) is 8.79. The third-order valence-electron chi connectivity index (χ3n) is 2.98. The van der Waals surface area contributed by atoms with Gasteiger partial charge >= 0.3 is 0 Å². The van der Waals surface area contributed by atoms with E-state index in [0.717, 1.165) is 6.54 Å². The van der Waals surface area contributed by atoms with Gasteiger partial charge in [-0.15, -0.1) is 0 Å². The van der Waals surface area contributed by atoms with Crippen LogP contribution in [0.15, 0.2) is 0 Å². The fourth-order valence-corrected chi connectivity index (χ4v) is 2.25. The van der Waals surface area contributed by atoms with Crippen LogP contribution in [-0.2, 0) is 0 Å². The molecular formula is C11H20N2. The Kier molecular flexibility index (Phi) is 4.24. The van der Waals surface area contributed by atoms with Crippen molar-refractivity contribution in [3.8, 4) is 6.07 Å². The van der Waals surface area contributed by atoms with Crippen LogP contribution in [0.25, 0.3) is 0 Å². The van der Waals surface area contributed by atoms with Gasteiger partial charge in [0.05, 0.1) is 12.1 Å². The van der Waals surface area contributed by atoms with E-state index in [1.54, 1.807) is 0 Å². The van der Waals surface area contributed by atoms with Crippen LogP contribution in [0.5, 0.6) is 0 Å². The molecule has 13 heavy (non-hydrogen) atoms. The van der Waals surface area contributed by atoms with Gasteiger partial charge in [0, 0.05) is 6.04 Å². The Labute approximate surface area is 81.5 Å². The van der Waals surface area contributed by atoms with Crippen molar-refractivity contribution in [2.24, 2.45) is 0 Å². The second-order valence-electron chi connectivity index (χ2n) is 3.98. The van der Waals surface area contributed by atoms with E-state index in [4.69, 9.17) is 5.26 Å². The van der Waals surface area contributed by atoms with Crippen LogP contribution in [-0.4, -0.2) is 23.5 Å². The molecule has 1 aliphatic rings. The molecule has 2 nitrogen and oxygen atoms in total. The molecule has 74 valence electrons. The third kappa shape index (κ3) is 2.70. The van der Waals surface area contributed by atoms with Crippen molar-refractivity contribution < 1.29 is 0 Å². The number of hydrogen-bond donors (Lipinski definition) is 0. The molecule has 1 heterocycles. The molecule has 0 aromatic heterocycles. The number of piperidine rings is 1. The minimum absolute atomic E-state index is 0.108. The molecule has 0 radical (unpaired) electrons. The molecule has 0 N–H and O–H groups in total. The van der Waals surface area contributed by atoms with E-state index in [1.165, 1.54) is 32.1 Å². The van der Waals surface area contributed by atoms with Crippen LogP contribution >= 0.6 is 0 Å². The highest BCUT2D eigenvalue weighted by Crippen LogP contribution is 2.22. The normalized spacial score (nSPS) is 26.7. The maximum absolute atomic E-state index is 8.88. The lowest BCUT2D eigenvalue weighted by Gasteiger charge is -2.37. The summed E-state index contributed by atoms with van der Waals surface area (Å²) in [5.41, 5.74) is 0. The van der Waals surface area contributed by atoms with Crippen LogP contribution in [0.2, 0.25) is 0 Å². The highest BCUT2D eigenvalue weighted by atomic mass is 15.2. The van der Waals surface area contributed by atoms with Crippen LogP contribution < -0.4 is 0 Å². The predicted molar refractivity (Wildman–Crippen MR) is 54.3 cm³/mol. The van der Waals surface area contributed by atoms with Gasteiger partial charge < -0.3 is 0 Å². The molecule has 0 saturated carbocycles. The van der Waals surface area contributed by atoms with E-state index in [0.29, 0.717) is 6.04 Å². The molecule has 0 aromatic rings. The van der Waals surface area contributed by atoms with E-state index in [9.17, 15) is 0 Å². The molecule has 1 aliphatic heterocycles. The molecule has 0 bridgehead atoms. The lowest BCUT2D eigenvalue weighted by atomic mass is 9.97. The summed E-state index contributed by atoms with van der Waals surface area (Å²) in [4.78, 5) is 2.38. The first-order valence-corrected chi connectivity index (χ1v) is 5.45. The minimum atomic E-state index is 0.108. The Morgan fingerprint density at radius 2 is 2.31 bits per heavy atom. The first-order valence-electron chi connectivity index (χ1n) is 5.45. The van der Waals surface area contributed by atoms with Crippen LogP contribution in [0.1, 0.15) is 46.0 Å². The monoisotopic (exact) mass is 180 g/mol. The van der Waals surface area contributed by atoms with Gasteiger partial charge in [0.25, 0.3) is 0 Å². The molecule has 0 aromatic carbocycles. The van der Waals surface area contributed by atoms with Gasteiger partial charge in [-0.3, -0.25) is 4.90 Å². The van der Waals surface area contributed by atoms with Gasteiger partial charge in [-0.25, -0.2) is 0 Å². The molecule has 0 amide bonds. The summed E-state index contributed by atoms with van der Waals surface area (Å²) in [7, 11) is 0. The summed E-state index contributed by atoms with van der Waals surface area (Å²) in [6.45, 7) is 5.37. The summed E-state index contributed by atoms with van der Waals surface area (Å²) in [5.74, 6) is 0. The summed E-state index contributed by atoms with van der Waals surface area (Å²) < 4.78 is 0. The Morgan fingerprint density at radius 1 is 1.54 bits per heavy atom.